The van der Waals surface area contributed by atoms with Gasteiger partial charge in [0.25, 0.3) is 5.91 Å². The molecule has 5 heteroatoms. The summed E-state index contributed by atoms with van der Waals surface area (Å²) < 4.78 is 5.29. The first-order valence-corrected chi connectivity index (χ1v) is 13.8. The fourth-order valence-corrected chi connectivity index (χ4v) is 7.75. The van der Waals surface area contributed by atoms with Crippen LogP contribution in [0.25, 0.3) is 0 Å². The standard InChI is InChI=1S/C32H35N3O2/c1-37-26-12-10-25(11-13-26)34-15-17-35(18-16-34)32(36)24-9-14-28-27(20-24)29-22-7-8-23(19-22)30(29)31(33-28)21-5-3-2-4-6-21/h2-6,9-14,20,22-23,29-31,33H,7-8,15-19H2,1H3/t22-,23+,29-,30+,31-/m1/s1. The third kappa shape index (κ3) is 3.87. The Morgan fingerprint density at radius 2 is 1.65 bits per heavy atom. The monoisotopic (exact) mass is 493 g/mol. The molecule has 3 aromatic rings. The van der Waals surface area contributed by atoms with Crippen LogP contribution in [-0.2, 0) is 0 Å². The van der Waals surface area contributed by atoms with Crippen LogP contribution >= 0.6 is 0 Å². The van der Waals surface area contributed by atoms with Gasteiger partial charge in [0.1, 0.15) is 5.75 Å². The highest BCUT2D eigenvalue weighted by Crippen LogP contribution is 2.63. The van der Waals surface area contributed by atoms with Gasteiger partial charge in [0.15, 0.2) is 0 Å². The number of anilines is 2. The van der Waals surface area contributed by atoms with Crippen LogP contribution in [0, 0.1) is 17.8 Å². The lowest BCUT2D eigenvalue weighted by Crippen LogP contribution is -2.48. The summed E-state index contributed by atoms with van der Waals surface area (Å²) >= 11 is 0. The molecular weight excluding hydrogens is 458 g/mol. The minimum atomic E-state index is 0.169. The molecule has 0 aromatic heterocycles. The van der Waals surface area contributed by atoms with Gasteiger partial charge in [0, 0.05) is 43.1 Å². The van der Waals surface area contributed by atoms with E-state index in [0.29, 0.717) is 17.9 Å². The topological polar surface area (TPSA) is 44.8 Å². The second-order valence-electron chi connectivity index (χ2n) is 11.2. The summed E-state index contributed by atoms with van der Waals surface area (Å²) in [5.41, 5.74) is 6.03. The van der Waals surface area contributed by atoms with Gasteiger partial charge in [-0.05, 0) is 96.5 Å². The summed E-state index contributed by atoms with van der Waals surface area (Å²) in [5, 5.41) is 3.91. The van der Waals surface area contributed by atoms with Crippen LogP contribution in [0.4, 0.5) is 11.4 Å². The maximum absolute atomic E-state index is 13.6. The minimum Gasteiger partial charge on any atom is -0.497 e. The number of nitrogens with zero attached hydrogens (tertiary/aromatic N) is 2. The molecule has 1 amide bonds. The number of hydrogen-bond acceptors (Lipinski definition) is 4. The first-order valence-electron chi connectivity index (χ1n) is 13.8. The highest BCUT2D eigenvalue weighted by Gasteiger charge is 2.53. The lowest BCUT2D eigenvalue weighted by molar-refractivity contribution is 0.0746. The van der Waals surface area contributed by atoms with E-state index < -0.39 is 0 Å². The van der Waals surface area contributed by atoms with E-state index in [1.807, 2.05) is 23.1 Å². The number of nitrogens with one attached hydrogen (secondary N) is 1. The van der Waals surface area contributed by atoms with Crippen molar-refractivity contribution in [3.8, 4) is 5.75 Å². The molecular formula is C32H35N3O2. The Balaban J connectivity index is 1.11. The molecule has 0 spiro atoms. The van der Waals surface area contributed by atoms with Gasteiger partial charge in [-0.1, -0.05) is 30.3 Å². The van der Waals surface area contributed by atoms with Crippen LogP contribution < -0.4 is 15.0 Å². The Kier molecular flexibility index (Phi) is 5.60. The summed E-state index contributed by atoms with van der Waals surface area (Å²) in [6.45, 7) is 3.18. The predicted molar refractivity (Wildman–Crippen MR) is 147 cm³/mol. The largest absolute Gasteiger partial charge is 0.497 e. The zero-order valence-corrected chi connectivity index (χ0v) is 21.5. The number of carbonyl (C=O) groups is 1. The van der Waals surface area contributed by atoms with E-state index in [1.165, 1.54) is 41.8 Å². The number of methoxy groups -OCH3 is 1. The van der Waals surface area contributed by atoms with E-state index in [0.717, 1.165) is 49.3 Å². The number of amides is 1. The molecule has 2 bridgehead atoms. The Bertz CT molecular complexity index is 1280. The van der Waals surface area contributed by atoms with Crippen molar-refractivity contribution in [2.24, 2.45) is 17.8 Å². The normalized spacial score (nSPS) is 27.9. The van der Waals surface area contributed by atoms with E-state index in [2.05, 4.69) is 64.8 Å². The molecule has 5 nitrogen and oxygen atoms in total. The number of piperazine rings is 1. The SMILES string of the molecule is COc1ccc(N2CCN(C(=O)c3ccc4c(c3)[C@H]3[C@@H]5CC[C@@H](C5)[C@@H]3[C@@H](c3ccccc3)N4)CC2)cc1. The summed E-state index contributed by atoms with van der Waals surface area (Å²) in [6.07, 6.45) is 4.02. The van der Waals surface area contributed by atoms with E-state index >= 15 is 0 Å². The number of rotatable bonds is 4. The van der Waals surface area contributed by atoms with Crippen molar-refractivity contribution < 1.29 is 9.53 Å². The van der Waals surface area contributed by atoms with Crippen LogP contribution in [-0.4, -0.2) is 44.1 Å². The van der Waals surface area contributed by atoms with Crippen molar-refractivity contribution in [1.29, 1.82) is 0 Å². The number of hydrogen-bond donors (Lipinski definition) is 1. The quantitative estimate of drug-likeness (QED) is 0.488. The fraction of sp³-hybridized carbons (Fsp3) is 0.406. The Morgan fingerprint density at radius 1 is 0.892 bits per heavy atom. The zero-order chi connectivity index (χ0) is 24.9. The van der Waals surface area contributed by atoms with Gasteiger partial charge >= 0.3 is 0 Å². The van der Waals surface area contributed by atoms with Gasteiger partial charge in [-0.15, -0.1) is 0 Å². The van der Waals surface area contributed by atoms with E-state index in [4.69, 9.17) is 4.74 Å². The van der Waals surface area contributed by atoms with Crippen LogP contribution in [0.1, 0.15) is 52.7 Å². The summed E-state index contributed by atoms with van der Waals surface area (Å²) in [7, 11) is 1.69. The lowest BCUT2D eigenvalue weighted by Gasteiger charge is -2.44. The van der Waals surface area contributed by atoms with Gasteiger partial charge < -0.3 is 19.9 Å². The maximum atomic E-state index is 13.6. The fourth-order valence-electron chi connectivity index (χ4n) is 7.75. The van der Waals surface area contributed by atoms with Crippen molar-refractivity contribution in [2.75, 3.05) is 43.5 Å². The molecule has 1 saturated heterocycles. The number of ether oxygens (including phenoxy) is 1. The van der Waals surface area contributed by atoms with E-state index in [9.17, 15) is 4.79 Å². The average Bonchev–Trinajstić information content (AvgIpc) is 3.60. The molecule has 7 rings (SSSR count). The molecule has 2 aliphatic carbocycles. The van der Waals surface area contributed by atoms with Gasteiger partial charge in [-0.3, -0.25) is 4.79 Å². The van der Waals surface area contributed by atoms with Gasteiger partial charge in [0.2, 0.25) is 0 Å². The minimum absolute atomic E-state index is 0.169. The predicted octanol–water partition coefficient (Wildman–Crippen LogP) is 5.95. The summed E-state index contributed by atoms with van der Waals surface area (Å²) in [4.78, 5) is 18.0. The maximum Gasteiger partial charge on any atom is 0.253 e. The molecule has 3 fully saturated rings. The molecule has 2 saturated carbocycles. The van der Waals surface area contributed by atoms with E-state index in [-0.39, 0.29) is 5.91 Å². The zero-order valence-electron chi connectivity index (χ0n) is 21.5. The summed E-state index contributed by atoms with van der Waals surface area (Å²) in [6, 6.07) is 26.0. The molecule has 1 N–H and O–H groups in total. The summed E-state index contributed by atoms with van der Waals surface area (Å²) in [5.74, 6) is 3.74. The van der Waals surface area contributed by atoms with Gasteiger partial charge in [-0.2, -0.15) is 0 Å². The Labute approximate surface area is 219 Å². The smallest absolute Gasteiger partial charge is 0.253 e. The highest BCUT2D eigenvalue weighted by molar-refractivity contribution is 5.95. The second-order valence-corrected chi connectivity index (χ2v) is 11.2. The Hall–Kier alpha value is -3.47. The van der Waals surface area contributed by atoms with Crippen LogP contribution in [0.3, 0.4) is 0 Å². The number of benzene rings is 3. The lowest BCUT2D eigenvalue weighted by atomic mass is 9.68. The van der Waals surface area contributed by atoms with Crippen molar-refractivity contribution >= 4 is 17.3 Å². The van der Waals surface area contributed by atoms with Crippen molar-refractivity contribution in [3.63, 3.8) is 0 Å². The highest BCUT2D eigenvalue weighted by atomic mass is 16.5. The van der Waals surface area contributed by atoms with Crippen molar-refractivity contribution in [3.05, 3.63) is 89.5 Å². The van der Waals surface area contributed by atoms with Crippen LogP contribution in [0.5, 0.6) is 5.75 Å². The number of carbonyl (C=O) groups excluding carboxylic acids is 1. The Morgan fingerprint density at radius 3 is 2.41 bits per heavy atom. The third-order valence-corrected chi connectivity index (χ3v) is 9.50. The van der Waals surface area contributed by atoms with Gasteiger partial charge in [-0.25, -0.2) is 0 Å². The molecule has 190 valence electrons. The molecule has 0 radical (unpaired) electrons. The third-order valence-electron chi connectivity index (χ3n) is 9.50. The first kappa shape index (κ1) is 22.7. The van der Waals surface area contributed by atoms with Crippen LogP contribution in [0.15, 0.2) is 72.8 Å². The van der Waals surface area contributed by atoms with Crippen LogP contribution in [0.2, 0.25) is 0 Å². The molecule has 0 unspecified atom stereocenters. The molecule has 2 aliphatic heterocycles. The van der Waals surface area contributed by atoms with Crippen molar-refractivity contribution in [1.82, 2.24) is 4.90 Å². The number of fused-ring (bicyclic) bond motifs is 7. The van der Waals surface area contributed by atoms with E-state index in [1.54, 1.807) is 7.11 Å². The molecule has 2 heterocycles. The first-order chi connectivity index (χ1) is 18.2. The molecule has 3 aromatic carbocycles. The second kappa shape index (κ2) is 9.13. The van der Waals surface area contributed by atoms with Crippen molar-refractivity contribution in [2.45, 2.75) is 31.2 Å². The average molecular weight is 494 g/mol. The molecule has 37 heavy (non-hydrogen) atoms. The van der Waals surface area contributed by atoms with Gasteiger partial charge in [0.05, 0.1) is 13.2 Å². The molecule has 5 atom stereocenters. The molecule has 4 aliphatic rings.